The highest BCUT2D eigenvalue weighted by Crippen LogP contribution is 2.27. The van der Waals surface area contributed by atoms with Crippen LogP contribution in [0.1, 0.15) is 19.4 Å². The molecule has 2 rings (SSSR count). The Hall–Kier alpha value is -1.88. The molecule has 0 saturated heterocycles. The lowest BCUT2D eigenvalue weighted by Crippen LogP contribution is -2.44. The summed E-state index contributed by atoms with van der Waals surface area (Å²) in [6.45, 7) is 3.25. The smallest absolute Gasteiger partial charge is 0.216 e. The maximum atomic E-state index is 12.6. The topological polar surface area (TPSA) is 84.6 Å². The van der Waals surface area contributed by atoms with Crippen LogP contribution in [0.25, 0.3) is 0 Å². The van der Waals surface area contributed by atoms with Gasteiger partial charge in [0.1, 0.15) is 11.4 Å². The van der Waals surface area contributed by atoms with Crippen molar-refractivity contribution in [2.45, 2.75) is 25.8 Å². The summed E-state index contributed by atoms with van der Waals surface area (Å²) in [5, 5.41) is 3.25. The van der Waals surface area contributed by atoms with Gasteiger partial charge < -0.3 is 11.1 Å². The Bertz CT molecular complexity index is 615. The maximum absolute atomic E-state index is 12.6. The van der Waals surface area contributed by atoms with Crippen LogP contribution in [0.3, 0.4) is 0 Å². The van der Waals surface area contributed by atoms with Gasteiger partial charge in [-0.1, -0.05) is 23.7 Å². The van der Waals surface area contributed by atoms with Gasteiger partial charge in [0, 0.05) is 18.5 Å². The summed E-state index contributed by atoms with van der Waals surface area (Å²) in [5.41, 5.74) is 5.87. The van der Waals surface area contributed by atoms with Crippen LogP contribution < -0.4 is 11.1 Å². The maximum Gasteiger partial charge on any atom is 0.216 e. The second-order valence-corrected chi connectivity index (χ2v) is 5.91. The Morgan fingerprint density at radius 1 is 1.52 bits per heavy atom. The highest BCUT2D eigenvalue weighted by Gasteiger charge is 2.45. The molecule has 0 bridgehead atoms. The zero-order valence-electron chi connectivity index (χ0n) is 12.0. The number of amides is 1. The molecule has 1 amide bonds. The van der Waals surface area contributed by atoms with Crippen LogP contribution in [-0.4, -0.2) is 29.6 Å². The SMILES string of the molecule is CC(=O)NCC1(C)N=C(N)C(Cc2cccc(Cl)c2)C1=O. The van der Waals surface area contributed by atoms with Crippen molar-refractivity contribution in [1.29, 1.82) is 0 Å². The molecule has 112 valence electrons. The van der Waals surface area contributed by atoms with E-state index >= 15 is 0 Å². The lowest BCUT2D eigenvalue weighted by atomic mass is 9.87. The van der Waals surface area contributed by atoms with Gasteiger partial charge in [0.25, 0.3) is 0 Å². The number of halogens is 1. The predicted octanol–water partition coefficient (Wildman–Crippen LogP) is 1.33. The van der Waals surface area contributed by atoms with E-state index in [2.05, 4.69) is 10.3 Å². The average Bonchev–Trinajstić information content (AvgIpc) is 2.61. The van der Waals surface area contributed by atoms with E-state index in [4.69, 9.17) is 17.3 Å². The largest absolute Gasteiger partial charge is 0.387 e. The number of carbonyl (C=O) groups is 2. The summed E-state index contributed by atoms with van der Waals surface area (Å²) in [6.07, 6.45) is 0.463. The van der Waals surface area contributed by atoms with Crippen LogP contribution >= 0.6 is 11.6 Å². The van der Waals surface area contributed by atoms with E-state index in [1.807, 2.05) is 18.2 Å². The second-order valence-electron chi connectivity index (χ2n) is 5.47. The van der Waals surface area contributed by atoms with Gasteiger partial charge in [0.2, 0.25) is 5.91 Å². The van der Waals surface area contributed by atoms with E-state index in [1.165, 1.54) is 6.92 Å². The zero-order valence-corrected chi connectivity index (χ0v) is 12.8. The number of amidine groups is 1. The van der Waals surface area contributed by atoms with Crippen molar-refractivity contribution in [2.75, 3.05) is 6.54 Å². The lowest BCUT2D eigenvalue weighted by molar-refractivity contribution is -0.124. The molecule has 1 aliphatic rings. The number of benzene rings is 1. The molecule has 1 aromatic carbocycles. The number of hydrogen-bond donors (Lipinski definition) is 2. The third kappa shape index (κ3) is 3.42. The van der Waals surface area contributed by atoms with Gasteiger partial charge in [-0.25, -0.2) is 0 Å². The van der Waals surface area contributed by atoms with Crippen molar-refractivity contribution in [2.24, 2.45) is 16.6 Å². The molecule has 0 fully saturated rings. The molecule has 5 nitrogen and oxygen atoms in total. The summed E-state index contributed by atoms with van der Waals surface area (Å²) in [4.78, 5) is 27.9. The van der Waals surface area contributed by atoms with Gasteiger partial charge in [0.05, 0.1) is 5.92 Å². The number of aliphatic imine (C=N–C) groups is 1. The number of hydrogen-bond acceptors (Lipinski definition) is 4. The summed E-state index contributed by atoms with van der Waals surface area (Å²) < 4.78 is 0. The fourth-order valence-corrected chi connectivity index (χ4v) is 2.66. The first-order valence-electron chi connectivity index (χ1n) is 6.70. The molecule has 2 atom stereocenters. The Balaban J connectivity index is 2.14. The number of nitrogens with one attached hydrogen (secondary N) is 1. The van der Waals surface area contributed by atoms with Crippen LogP contribution in [0.15, 0.2) is 29.3 Å². The molecule has 6 heteroatoms. The molecular weight excluding hydrogens is 290 g/mol. The Morgan fingerprint density at radius 2 is 2.24 bits per heavy atom. The van der Waals surface area contributed by atoms with E-state index < -0.39 is 11.5 Å². The minimum absolute atomic E-state index is 0.0753. The highest BCUT2D eigenvalue weighted by molar-refractivity contribution is 6.30. The Labute approximate surface area is 128 Å². The monoisotopic (exact) mass is 307 g/mol. The van der Waals surface area contributed by atoms with Crippen LogP contribution in [-0.2, 0) is 16.0 Å². The van der Waals surface area contributed by atoms with E-state index in [-0.39, 0.29) is 18.2 Å². The summed E-state index contributed by atoms with van der Waals surface area (Å²) in [5.74, 6) is -0.431. The summed E-state index contributed by atoms with van der Waals surface area (Å²) >= 11 is 5.95. The van der Waals surface area contributed by atoms with Gasteiger partial charge in [-0.2, -0.15) is 0 Å². The minimum atomic E-state index is -0.987. The molecule has 1 heterocycles. The first-order valence-corrected chi connectivity index (χ1v) is 7.08. The third-order valence-electron chi connectivity index (χ3n) is 3.59. The third-order valence-corrected chi connectivity index (χ3v) is 3.83. The van der Waals surface area contributed by atoms with Crippen LogP contribution in [0.5, 0.6) is 0 Å². The zero-order chi connectivity index (χ0) is 15.6. The molecule has 1 aliphatic heterocycles. The molecule has 0 saturated carbocycles. The van der Waals surface area contributed by atoms with Crippen molar-refractivity contribution in [1.82, 2.24) is 5.32 Å². The number of carbonyl (C=O) groups excluding carboxylic acids is 2. The second kappa shape index (κ2) is 5.85. The van der Waals surface area contributed by atoms with E-state index in [1.54, 1.807) is 13.0 Å². The number of ketones is 1. The van der Waals surface area contributed by atoms with Crippen LogP contribution in [0.2, 0.25) is 5.02 Å². The lowest BCUT2D eigenvalue weighted by Gasteiger charge is -2.20. The standard InChI is InChI=1S/C15H18ClN3O2/c1-9(20)18-8-15(2)13(21)12(14(17)19-15)7-10-4-3-5-11(16)6-10/h3-6,12H,7-8H2,1-2H3,(H2,17,19)(H,18,20). The highest BCUT2D eigenvalue weighted by atomic mass is 35.5. The van der Waals surface area contributed by atoms with E-state index in [9.17, 15) is 9.59 Å². The Kier molecular flexibility index (Phi) is 4.32. The van der Waals surface area contributed by atoms with Gasteiger partial charge in [-0.05, 0) is 31.0 Å². The van der Waals surface area contributed by atoms with Crippen molar-refractivity contribution in [3.63, 3.8) is 0 Å². The molecule has 0 radical (unpaired) electrons. The van der Waals surface area contributed by atoms with Crippen molar-refractivity contribution in [3.05, 3.63) is 34.9 Å². The molecule has 2 unspecified atom stereocenters. The van der Waals surface area contributed by atoms with Crippen LogP contribution in [0, 0.1) is 5.92 Å². The van der Waals surface area contributed by atoms with Gasteiger partial charge in [-0.15, -0.1) is 0 Å². The number of rotatable bonds is 4. The van der Waals surface area contributed by atoms with E-state index in [0.717, 1.165) is 5.56 Å². The first kappa shape index (κ1) is 15.5. The summed E-state index contributed by atoms with van der Waals surface area (Å²) in [7, 11) is 0. The molecule has 21 heavy (non-hydrogen) atoms. The first-order chi connectivity index (χ1) is 9.82. The van der Waals surface area contributed by atoms with Crippen LogP contribution in [0.4, 0.5) is 0 Å². The molecular formula is C15H18ClN3O2. The predicted molar refractivity (Wildman–Crippen MR) is 82.4 cm³/mol. The van der Waals surface area contributed by atoms with Gasteiger partial charge >= 0.3 is 0 Å². The summed E-state index contributed by atoms with van der Waals surface area (Å²) in [6, 6.07) is 7.32. The quantitative estimate of drug-likeness (QED) is 0.880. The normalized spacial score (nSPS) is 24.8. The fourth-order valence-electron chi connectivity index (χ4n) is 2.45. The Morgan fingerprint density at radius 3 is 2.86 bits per heavy atom. The molecule has 0 spiro atoms. The molecule has 0 aliphatic carbocycles. The molecule has 1 aromatic rings. The fraction of sp³-hybridized carbons (Fsp3) is 0.400. The molecule has 3 N–H and O–H groups in total. The number of nitrogens with zero attached hydrogens (tertiary/aromatic N) is 1. The van der Waals surface area contributed by atoms with Crippen molar-refractivity contribution >= 4 is 29.1 Å². The average molecular weight is 308 g/mol. The van der Waals surface area contributed by atoms with Crippen molar-refractivity contribution in [3.8, 4) is 0 Å². The van der Waals surface area contributed by atoms with E-state index in [0.29, 0.717) is 17.3 Å². The van der Waals surface area contributed by atoms with Gasteiger partial charge in [-0.3, -0.25) is 14.6 Å². The number of nitrogens with two attached hydrogens (primary N) is 1. The molecule has 0 aromatic heterocycles. The van der Waals surface area contributed by atoms with Crippen molar-refractivity contribution < 1.29 is 9.59 Å². The minimum Gasteiger partial charge on any atom is -0.387 e. The number of Topliss-reactive ketones (excluding diaryl/α,β-unsaturated/α-hetero) is 1. The van der Waals surface area contributed by atoms with Gasteiger partial charge in [0.15, 0.2) is 5.78 Å².